The Hall–Kier alpha value is -5.06. The zero-order valence-corrected chi connectivity index (χ0v) is 29.3. The number of azide groups is 1. The lowest BCUT2D eigenvalue weighted by atomic mass is 10.1. The van der Waals surface area contributed by atoms with Gasteiger partial charge in [0, 0.05) is 54.4 Å². The molecule has 17 nitrogen and oxygen atoms in total. The summed E-state index contributed by atoms with van der Waals surface area (Å²) in [6.45, 7) is 9.54. The highest BCUT2D eigenvalue weighted by molar-refractivity contribution is 5.94. The van der Waals surface area contributed by atoms with E-state index in [0.29, 0.717) is 120 Å². The molecule has 51 heavy (non-hydrogen) atoms. The van der Waals surface area contributed by atoms with Crippen molar-refractivity contribution in [1.82, 2.24) is 25.6 Å². The number of amides is 2. The van der Waals surface area contributed by atoms with E-state index in [4.69, 9.17) is 24.5 Å². The summed E-state index contributed by atoms with van der Waals surface area (Å²) in [6, 6.07) is 16.0. The molecular formula is C34H49N11O6. The molecule has 0 bridgehead atoms. The zero-order valence-electron chi connectivity index (χ0n) is 29.3. The Bertz CT molecular complexity index is 1480. The number of ether oxygens (including phenoxy) is 4. The summed E-state index contributed by atoms with van der Waals surface area (Å²) in [5, 5.41) is 18.7. The summed E-state index contributed by atoms with van der Waals surface area (Å²) in [5.74, 6) is 1.32. The molecule has 1 aromatic heterocycles. The molecule has 276 valence electrons. The number of anilines is 4. The van der Waals surface area contributed by atoms with Crippen molar-refractivity contribution >= 4 is 35.3 Å². The van der Waals surface area contributed by atoms with Gasteiger partial charge in [-0.2, -0.15) is 15.0 Å². The molecule has 0 aliphatic heterocycles. The second-order valence-corrected chi connectivity index (χ2v) is 11.3. The van der Waals surface area contributed by atoms with Crippen molar-refractivity contribution in [2.45, 2.75) is 20.3 Å². The van der Waals surface area contributed by atoms with Crippen LogP contribution in [0.4, 0.5) is 23.5 Å². The summed E-state index contributed by atoms with van der Waals surface area (Å²) >= 11 is 0. The smallest absolute Gasteiger partial charge is 0.251 e. The van der Waals surface area contributed by atoms with E-state index in [0.717, 1.165) is 6.42 Å². The first kappa shape index (κ1) is 40.4. The Balaban J connectivity index is 1.37. The number of nitrogens with zero attached hydrogens (tertiary/aromatic N) is 6. The van der Waals surface area contributed by atoms with Gasteiger partial charge < -0.3 is 45.5 Å². The minimum Gasteiger partial charge on any atom is -0.379 e. The van der Waals surface area contributed by atoms with Crippen LogP contribution in [0.1, 0.15) is 41.0 Å². The topological polar surface area (TPSA) is 219 Å². The summed E-state index contributed by atoms with van der Waals surface area (Å²) in [4.78, 5) is 40.8. The van der Waals surface area contributed by atoms with E-state index in [-0.39, 0.29) is 18.4 Å². The molecule has 2 aromatic carbocycles. The van der Waals surface area contributed by atoms with Crippen LogP contribution >= 0.6 is 0 Å². The van der Waals surface area contributed by atoms with E-state index < -0.39 is 0 Å². The van der Waals surface area contributed by atoms with Gasteiger partial charge in [0.15, 0.2) is 0 Å². The van der Waals surface area contributed by atoms with Gasteiger partial charge in [-0.15, -0.1) is 0 Å². The third-order valence-corrected chi connectivity index (χ3v) is 6.82. The van der Waals surface area contributed by atoms with Gasteiger partial charge in [-0.3, -0.25) is 9.59 Å². The monoisotopic (exact) mass is 707 g/mol. The molecule has 0 saturated carbocycles. The zero-order chi connectivity index (χ0) is 36.4. The van der Waals surface area contributed by atoms with Gasteiger partial charge in [-0.05, 0) is 54.3 Å². The van der Waals surface area contributed by atoms with E-state index in [1.54, 1.807) is 36.4 Å². The van der Waals surface area contributed by atoms with Crippen LogP contribution in [0.2, 0.25) is 0 Å². The highest BCUT2D eigenvalue weighted by Crippen LogP contribution is 2.17. The Morgan fingerprint density at radius 1 is 0.667 bits per heavy atom. The van der Waals surface area contributed by atoms with Crippen LogP contribution in [0.25, 0.3) is 10.4 Å². The van der Waals surface area contributed by atoms with Crippen molar-refractivity contribution in [3.63, 3.8) is 0 Å². The van der Waals surface area contributed by atoms with Crippen LogP contribution in [0.3, 0.4) is 0 Å². The van der Waals surface area contributed by atoms with E-state index in [1.165, 1.54) is 0 Å². The number of carbonyl (C=O) groups excluding carboxylic acids is 2. The molecule has 0 atom stereocenters. The van der Waals surface area contributed by atoms with E-state index in [9.17, 15) is 9.59 Å². The maximum absolute atomic E-state index is 12.5. The third-order valence-electron chi connectivity index (χ3n) is 6.82. The summed E-state index contributed by atoms with van der Waals surface area (Å²) in [6.07, 6.45) is 0.955. The van der Waals surface area contributed by atoms with Crippen molar-refractivity contribution in [2.24, 2.45) is 11.0 Å². The average Bonchev–Trinajstić information content (AvgIpc) is 3.13. The standard InChI is InChI=1S/C34H49N11O6/c1-26(2)12-13-38-32-42-33(39-16-20-50-23-22-48-18-14-36-30(46)27-6-4-3-5-7-27)44-34(43-32)41-29-10-8-28(9-11-29)31(47)37-15-19-49-24-25-51-21-17-40-45-35/h3-11,26H,12-25H2,1-2H3,(H,36,46)(H,37,47)(H3,38,39,41,42,43,44). The normalized spacial score (nSPS) is 10.7. The largest absolute Gasteiger partial charge is 0.379 e. The highest BCUT2D eigenvalue weighted by Gasteiger charge is 2.10. The van der Waals surface area contributed by atoms with Crippen molar-refractivity contribution in [3.05, 3.63) is 76.2 Å². The molecule has 0 unspecified atom stereocenters. The average molecular weight is 708 g/mol. The first-order valence-corrected chi connectivity index (χ1v) is 17.0. The molecular weight excluding hydrogens is 658 g/mol. The molecule has 0 aliphatic carbocycles. The molecule has 2 amide bonds. The molecule has 1 heterocycles. The first-order chi connectivity index (χ1) is 24.9. The van der Waals surface area contributed by atoms with Crippen LogP contribution < -0.4 is 26.6 Å². The van der Waals surface area contributed by atoms with Crippen molar-refractivity contribution < 1.29 is 28.5 Å². The lowest BCUT2D eigenvalue weighted by Gasteiger charge is -2.12. The summed E-state index contributed by atoms with van der Waals surface area (Å²) in [7, 11) is 0. The lowest BCUT2D eigenvalue weighted by molar-refractivity contribution is 0.0511. The third kappa shape index (κ3) is 18.0. The molecule has 0 radical (unpaired) electrons. The van der Waals surface area contributed by atoms with Gasteiger partial charge in [-0.25, -0.2) is 0 Å². The van der Waals surface area contributed by atoms with Gasteiger partial charge in [0.1, 0.15) is 0 Å². The molecule has 17 heteroatoms. The predicted molar refractivity (Wildman–Crippen MR) is 194 cm³/mol. The molecule has 5 N–H and O–H groups in total. The van der Waals surface area contributed by atoms with Gasteiger partial charge in [0.2, 0.25) is 17.8 Å². The van der Waals surface area contributed by atoms with Gasteiger partial charge >= 0.3 is 0 Å². The van der Waals surface area contributed by atoms with Crippen LogP contribution in [0.5, 0.6) is 0 Å². The van der Waals surface area contributed by atoms with Crippen LogP contribution in [-0.2, 0) is 18.9 Å². The van der Waals surface area contributed by atoms with Crippen molar-refractivity contribution in [1.29, 1.82) is 0 Å². The number of hydrogen-bond acceptors (Lipinski definition) is 13. The number of rotatable bonds is 27. The number of nitrogens with one attached hydrogen (secondary N) is 5. The molecule has 0 fully saturated rings. The van der Waals surface area contributed by atoms with E-state index in [1.807, 2.05) is 18.2 Å². The molecule has 0 saturated heterocycles. The number of aromatic nitrogens is 3. The lowest BCUT2D eigenvalue weighted by Crippen LogP contribution is -2.27. The van der Waals surface area contributed by atoms with Gasteiger partial charge in [0.05, 0.1) is 52.9 Å². The Labute approximate surface area is 298 Å². The molecule has 3 aromatic rings. The fourth-order valence-corrected chi connectivity index (χ4v) is 4.19. The molecule has 3 rings (SSSR count). The number of benzene rings is 2. The summed E-state index contributed by atoms with van der Waals surface area (Å²) in [5.41, 5.74) is 10.0. The van der Waals surface area contributed by atoms with Gasteiger partial charge in [0.25, 0.3) is 11.8 Å². The summed E-state index contributed by atoms with van der Waals surface area (Å²) < 4.78 is 21.9. The van der Waals surface area contributed by atoms with Crippen LogP contribution in [0, 0.1) is 5.92 Å². The Morgan fingerprint density at radius 3 is 1.75 bits per heavy atom. The fraction of sp³-hybridized carbons (Fsp3) is 0.500. The minimum absolute atomic E-state index is 0.131. The predicted octanol–water partition coefficient (Wildman–Crippen LogP) is 4.02. The van der Waals surface area contributed by atoms with E-state index >= 15 is 0 Å². The minimum atomic E-state index is -0.222. The molecule has 0 spiro atoms. The Kier molecular flexibility index (Phi) is 19.8. The van der Waals surface area contributed by atoms with Crippen LogP contribution in [-0.4, -0.2) is 112 Å². The van der Waals surface area contributed by atoms with Crippen LogP contribution in [0.15, 0.2) is 59.7 Å². The fourth-order valence-electron chi connectivity index (χ4n) is 4.19. The van der Waals surface area contributed by atoms with Gasteiger partial charge in [-0.1, -0.05) is 37.2 Å². The first-order valence-electron chi connectivity index (χ1n) is 17.0. The maximum atomic E-state index is 12.5. The number of carbonyl (C=O) groups is 2. The quantitative estimate of drug-likeness (QED) is 0.0328. The van der Waals surface area contributed by atoms with Crippen molar-refractivity contribution in [3.8, 4) is 0 Å². The van der Waals surface area contributed by atoms with E-state index in [2.05, 4.69) is 65.4 Å². The second-order valence-electron chi connectivity index (χ2n) is 11.3. The van der Waals surface area contributed by atoms with Crippen molar-refractivity contribution in [2.75, 3.05) is 102 Å². The SMILES string of the molecule is CC(C)CCNc1nc(NCCOCCOCCNC(=O)c2ccccc2)nc(Nc2ccc(C(=O)NCCOCCOCCN=[N+]=[N-])cc2)n1. The second kappa shape index (κ2) is 25.0. The molecule has 0 aliphatic rings. The Morgan fingerprint density at radius 2 is 1.18 bits per heavy atom. The maximum Gasteiger partial charge on any atom is 0.251 e. The number of hydrogen-bond donors (Lipinski definition) is 5. The highest BCUT2D eigenvalue weighted by atomic mass is 16.5.